The molecule has 0 aliphatic heterocycles. The second-order valence-corrected chi connectivity index (χ2v) is 8.80. The maximum atomic E-state index is 2.36. The predicted octanol–water partition coefficient (Wildman–Crippen LogP) is 2.84. The van der Waals surface area contributed by atoms with E-state index < -0.39 is 0 Å². The third-order valence-corrected chi connectivity index (χ3v) is 6.17. The molecule has 3 heteroatoms. The van der Waals surface area contributed by atoms with Crippen molar-refractivity contribution >= 4 is 7.92 Å². The molecule has 0 atom stereocenters. The monoisotopic (exact) mass is 360 g/mol. The molecule has 0 amide bonds. The molecule has 20 heavy (non-hydrogen) atoms. The van der Waals surface area contributed by atoms with Crippen LogP contribution >= 0.6 is 7.92 Å². The molecule has 1 rings (SSSR count). The minimum Gasteiger partial charge on any atom is -1.00 e. The van der Waals surface area contributed by atoms with Gasteiger partial charge in [0.05, 0.1) is 0 Å². The number of rotatable bonds is 6. The molecular weight excluding hydrogens is 329 g/mol. The molecule has 0 aliphatic rings. The van der Waals surface area contributed by atoms with Gasteiger partial charge in [0.1, 0.15) is 0 Å². The van der Waals surface area contributed by atoms with E-state index in [0.29, 0.717) is 7.92 Å². The summed E-state index contributed by atoms with van der Waals surface area (Å²) < 4.78 is 0. The summed E-state index contributed by atoms with van der Waals surface area (Å²) in [6, 6.07) is 10.0. The first kappa shape index (κ1) is 25.5. The van der Waals surface area contributed by atoms with E-state index in [-0.39, 0.29) is 28.9 Å². The summed E-state index contributed by atoms with van der Waals surface area (Å²) in [5.41, 5.74) is 0. The molecule has 0 saturated carbocycles. The Bertz CT molecular complexity index is 217. The smallest absolute Gasteiger partial charge is 1.00 e. The number of halogens is 1. The van der Waals surface area contributed by atoms with Gasteiger partial charge in [0.25, 0.3) is 0 Å². The van der Waals surface area contributed by atoms with E-state index >= 15 is 0 Å². The van der Waals surface area contributed by atoms with Crippen LogP contribution in [-0.4, -0.2) is 18.5 Å². The van der Waals surface area contributed by atoms with Gasteiger partial charge in [-0.3, -0.25) is 0 Å². The summed E-state index contributed by atoms with van der Waals surface area (Å²) in [4.78, 5) is 0. The minimum atomic E-state index is 0. The summed E-state index contributed by atoms with van der Waals surface area (Å²) in [6.07, 6.45) is 4.43. The molecule has 122 valence electrons. The number of hydrogen-bond acceptors (Lipinski definition) is 0. The van der Waals surface area contributed by atoms with Crippen molar-refractivity contribution in [2.24, 2.45) is 17.8 Å². The molecule has 0 bridgehead atoms. The molecule has 0 saturated heterocycles. The van der Waals surface area contributed by atoms with E-state index in [4.69, 9.17) is 0 Å². The Balaban J connectivity index is -0.000000348. The Morgan fingerprint density at radius 3 is 1.20 bits per heavy atom. The van der Waals surface area contributed by atoms with Crippen LogP contribution in [0, 0.1) is 17.8 Å². The average molecular weight is 362 g/mol. The van der Waals surface area contributed by atoms with Gasteiger partial charge >= 0.3 is 16.5 Å². The second kappa shape index (κ2) is 15.9. The van der Waals surface area contributed by atoms with Gasteiger partial charge in [0, 0.05) is 0 Å². The number of hydrogen-bond donors (Lipinski definition) is 0. The fraction of sp³-hybridized carbons (Fsp3) is 0.706. The van der Waals surface area contributed by atoms with E-state index in [2.05, 4.69) is 41.5 Å². The molecule has 0 N–H and O–H groups in total. The molecule has 0 aromatic heterocycles. The Labute approximate surface area is 145 Å². The molecule has 0 spiro atoms. The van der Waals surface area contributed by atoms with Crippen LogP contribution in [0.4, 0.5) is 0 Å². The van der Waals surface area contributed by atoms with Gasteiger partial charge in [-0.25, -0.2) is 12.1 Å². The van der Waals surface area contributed by atoms with Crippen LogP contribution in [0.1, 0.15) is 41.5 Å². The van der Waals surface area contributed by atoms with Crippen LogP contribution in [0.15, 0.2) is 30.3 Å². The Kier molecular flexibility index (Phi) is 20.3. The van der Waals surface area contributed by atoms with E-state index in [0.717, 1.165) is 17.8 Å². The summed E-state index contributed by atoms with van der Waals surface area (Å²) in [5, 5.41) is 0. The summed E-state index contributed by atoms with van der Waals surface area (Å²) in [6.45, 7) is 14.1. The van der Waals surface area contributed by atoms with Crippen molar-refractivity contribution in [3.63, 3.8) is 0 Å². The quantitative estimate of drug-likeness (QED) is 0.415. The van der Waals surface area contributed by atoms with Crippen LogP contribution < -0.4 is 12.4 Å². The Hall–Kier alpha value is 0.564. The van der Waals surface area contributed by atoms with Crippen LogP contribution in [0.3, 0.4) is 0 Å². The van der Waals surface area contributed by atoms with Crippen molar-refractivity contribution in [3.05, 3.63) is 30.3 Å². The molecule has 0 heterocycles. The zero-order valence-corrected chi connectivity index (χ0v) is 16.5. The maximum Gasteiger partial charge on any atom is 2.00 e. The fourth-order valence-electron chi connectivity index (χ4n) is 2.09. The second-order valence-electron chi connectivity index (χ2n) is 6.36. The van der Waals surface area contributed by atoms with Gasteiger partial charge in [0.15, 0.2) is 0 Å². The van der Waals surface area contributed by atoms with Crippen molar-refractivity contribution in [2.75, 3.05) is 18.5 Å². The normalized spacial score (nSPS) is 10.1. The molecule has 0 unspecified atom stereocenters. The van der Waals surface area contributed by atoms with Crippen LogP contribution in [0.25, 0.3) is 0 Å². The topological polar surface area (TPSA) is 0 Å². The van der Waals surface area contributed by atoms with Gasteiger partial charge in [-0.05, 0) is 36.2 Å². The van der Waals surface area contributed by atoms with Crippen molar-refractivity contribution in [1.29, 1.82) is 0 Å². The van der Waals surface area contributed by atoms with Gasteiger partial charge in [-0.1, -0.05) is 41.5 Å². The van der Waals surface area contributed by atoms with E-state index in [9.17, 15) is 0 Å². The van der Waals surface area contributed by atoms with E-state index in [1.807, 2.05) is 30.3 Å². The van der Waals surface area contributed by atoms with Gasteiger partial charge < -0.3 is 12.4 Å². The molecule has 0 radical (unpaired) electrons. The van der Waals surface area contributed by atoms with E-state index in [1.54, 1.807) is 0 Å². The Morgan fingerprint density at radius 2 is 1.05 bits per heavy atom. The minimum absolute atomic E-state index is 0. The van der Waals surface area contributed by atoms with Crippen molar-refractivity contribution in [3.8, 4) is 0 Å². The standard InChI is InChI=1S/C12H27P.C5H5.ClH.Ni/c1-10(2)7-13(8-11(3)4)9-12(5)6;1-2-4-5-3-1;;/h10-12H,7-9H2,1-6H3;1-5H;1H;/q;-1;;+2/p-1. The van der Waals surface area contributed by atoms with Crippen LogP contribution in [0.5, 0.6) is 0 Å². The Morgan fingerprint density at radius 1 is 0.750 bits per heavy atom. The molecule has 0 nitrogen and oxygen atoms in total. The molecule has 0 fully saturated rings. The van der Waals surface area contributed by atoms with Crippen LogP contribution in [0.2, 0.25) is 0 Å². The first-order valence-corrected chi connectivity index (χ1v) is 9.20. The van der Waals surface area contributed by atoms with Crippen molar-refractivity contribution < 1.29 is 28.9 Å². The average Bonchev–Trinajstić information content (AvgIpc) is 2.70. The van der Waals surface area contributed by atoms with E-state index in [1.165, 1.54) is 18.5 Å². The first-order valence-electron chi connectivity index (χ1n) is 7.30. The SMILES string of the molecule is CC(C)CP(CC(C)C)CC(C)C.[Cl-].[Ni+2].c1cc[cH-]c1. The zero-order valence-electron chi connectivity index (χ0n) is 13.9. The van der Waals surface area contributed by atoms with Gasteiger partial charge in [-0.2, -0.15) is 18.2 Å². The first-order chi connectivity index (χ1) is 8.41. The van der Waals surface area contributed by atoms with Crippen molar-refractivity contribution in [1.82, 2.24) is 0 Å². The summed E-state index contributed by atoms with van der Waals surface area (Å²) >= 11 is 0. The summed E-state index contributed by atoms with van der Waals surface area (Å²) in [7, 11) is 0.321. The molecule has 1 aromatic rings. The summed E-state index contributed by atoms with van der Waals surface area (Å²) in [5.74, 6) is 2.68. The molecule has 0 aliphatic carbocycles. The van der Waals surface area contributed by atoms with Gasteiger partial charge in [-0.15, -0.1) is 7.92 Å². The third-order valence-electron chi connectivity index (χ3n) is 2.43. The maximum absolute atomic E-state index is 2.36. The van der Waals surface area contributed by atoms with Crippen molar-refractivity contribution in [2.45, 2.75) is 41.5 Å². The molecular formula is C17H32ClNiP. The fourth-order valence-corrected chi connectivity index (χ4v) is 5.64. The third kappa shape index (κ3) is 18.6. The largest absolute Gasteiger partial charge is 2.00 e. The predicted molar refractivity (Wildman–Crippen MR) is 88.1 cm³/mol. The van der Waals surface area contributed by atoms with Crippen LogP contribution in [-0.2, 0) is 16.5 Å². The molecule has 1 aromatic carbocycles. The van der Waals surface area contributed by atoms with Gasteiger partial charge in [0.2, 0.25) is 0 Å². The zero-order chi connectivity index (χ0) is 14.0.